The molecule has 0 spiro atoms. The second-order valence-electron chi connectivity index (χ2n) is 9.67. The van der Waals surface area contributed by atoms with Gasteiger partial charge in [-0.3, -0.25) is 14.4 Å². The Morgan fingerprint density at radius 2 is 1.69 bits per heavy atom. The minimum absolute atomic E-state index is 0.113. The van der Waals surface area contributed by atoms with Crippen LogP contribution in [0.15, 0.2) is 60.0 Å². The third-order valence-corrected chi connectivity index (χ3v) is 7.84. The molecule has 0 aliphatic heterocycles. The first kappa shape index (κ1) is 30.3. The van der Waals surface area contributed by atoms with Gasteiger partial charge in [-0.05, 0) is 53.6 Å². The number of carbonyl (C=O) groups is 3. The number of nitrogens with two attached hydrogens (primary N) is 1. The number of thiophene rings is 1. The number of nitrogens with one attached hydrogen (secondary N) is 1. The Balaban J connectivity index is 1.82. The third kappa shape index (κ3) is 8.61. The second kappa shape index (κ2) is 15.4. The fourth-order valence-electron chi connectivity index (χ4n) is 4.52. The van der Waals surface area contributed by atoms with Gasteiger partial charge >= 0.3 is 0 Å². The van der Waals surface area contributed by atoms with Crippen LogP contribution in [0.25, 0.3) is 10.8 Å². The lowest BCUT2D eigenvalue weighted by Crippen LogP contribution is -2.56. The molecule has 210 valence electrons. The predicted molar refractivity (Wildman–Crippen MR) is 157 cm³/mol. The summed E-state index contributed by atoms with van der Waals surface area (Å²) in [5, 5.41) is 6.80. The van der Waals surface area contributed by atoms with E-state index >= 15 is 0 Å². The van der Waals surface area contributed by atoms with Crippen LogP contribution in [0.1, 0.15) is 29.7 Å². The van der Waals surface area contributed by atoms with Crippen molar-refractivity contribution >= 4 is 39.8 Å². The van der Waals surface area contributed by atoms with E-state index in [0.717, 1.165) is 40.5 Å². The van der Waals surface area contributed by atoms with Crippen molar-refractivity contribution in [3.05, 3.63) is 70.4 Å². The SMILES string of the molecule is CNC(=O)[C@@H](Cc1cccs1)N(C)C(=O)[C@@H](Cc1ccc2ccccc2c1)N(C)C(=O)COCCCCCN. The number of unbranched alkanes of at least 4 members (excludes halogenated alkanes) is 2. The van der Waals surface area contributed by atoms with Crippen molar-refractivity contribution in [3.63, 3.8) is 0 Å². The molecular weight excluding hydrogens is 512 g/mol. The second-order valence-corrected chi connectivity index (χ2v) is 10.7. The molecule has 0 saturated carbocycles. The molecule has 0 radical (unpaired) electrons. The van der Waals surface area contributed by atoms with Gasteiger partial charge in [-0.25, -0.2) is 0 Å². The number of hydrogen-bond donors (Lipinski definition) is 2. The van der Waals surface area contributed by atoms with Gasteiger partial charge in [0, 0.05) is 45.5 Å². The lowest BCUT2D eigenvalue weighted by molar-refractivity contribution is -0.149. The molecule has 0 fully saturated rings. The quantitative estimate of drug-likeness (QED) is 0.282. The van der Waals surface area contributed by atoms with Gasteiger partial charge < -0.3 is 25.6 Å². The number of carbonyl (C=O) groups excluding carboxylic acids is 3. The Labute approximate surface area is 235 Å². The number of fused-ring (bicyclic) bond motifs is 1. The number of hydrogen-bond acceptors (Lipinski definition) is 6. The third-order valence-electron chi connectivity index (χ3n) is 6.95. The zero-order valence-corrected chi connectivity index (χ0v) is 23.9. The molecule has 0 unspecified atom stereocenters. The van der Waals surface area contributed by atoms with Gasteiger partial charge in [-0.2, -0.15) is 0 Å². The first-order valence-corrected chi connectivity index (χ1v) is 14.3. The van der Waals surface area contributed by atoms with Crippen molar-refractivity contribution in [1.29, 1.82) is 0 Å². The summed E-state index contributed by atoms with van der Waals surface area (Å²) < 4.78 is 5.61. The van der Waals surface area contributed by atoms with Gasteiger partial charge in [-0.1, -0.05) is 48.5 Å². The summed E-state index contributed by atoms with van der Waals surface area (Å²) >= 11 is 1.54. The van der Waals surface area contributed by atoms with Crippen LogP contribution in [-0.2, 0) is 32.0 Å². The Kier molecular flexibility index (Phi) is 11.9. The topological polar surface area (TPSA) is 105 Å². The van der Waals surface area contributed by atoms with Crippen molar-refractivity contribution in [2.24, 2.45) is 5.73 Å². The van der Waals surface area contributed by atoms with Gasteiger partial charge in [0.1, 0.15) is 18.7 Å². The first-order valence-electron chi connectivity index (χ1n) is 13.4. The number of rotatable bonds is 15. The summed E-state index contributed by atoms with van der Waals surface area (Å²) in [5.41, 5.74) is 6.46. The lowest BCUT2D eigenvalue weighted by atomic mass is 9.99. The van der Waals surface area contributed by atoms with Crippen LogP contribution >= 0.6 is 11.3 Å². The standard InChI is InChI=1S/C30H40N4O4S/c1-32-29(36)26(20-25-12-9-17-39-25)34(3)30(37)27(33(2)28(35)21-38-16-8-4-7-15-31)19-22-13-14-23-10-5-6-11-24(23)18-22/h5-6,9-14,17-18,26-27H,4,7-8,15-16,19-21,31H2,1-3H3,(H,32,36)/t26-,27-/m1/s1. The van der Waals surface area contributed by atoms with Crippen LogP contribution in [0.5, 0.6) is 0 Å². The molecule has 9 heteroatoms. The van der Waals surface area contributed by atoms with Gasteiger partial charge in [0.15, 0.2) is 0 Å². The highest BCUT2D eigenvalue weighted by molar-refractivity contribution is 7.09. The molecule has 1 aromatic heterocycles. The zero-order chi connectivity index (χ0) is 28.2. The van der Waals surface area contributed by atoms with E-state index < -0.39 is 12.1 Å². The normalized spacial score (nSPS) is 12.6. The van der Waals surface area contributed by atoms with E-state index in [4.69, 9.17) is 10.5 Å². The average molecular weight is 553 g/mol. The van der Waals surface area contributed by atoms with E-state index in [1.165, 1.54) is 9.80 Å². The van der Waals surface area contributed by atoms with E-state index in [1.807, 2.05) is 60.0 Å². The summed E-state index contributed by atoms with van der Waals surface area (Å²) in [6, 6.07) is 16.4. The molecule has 2 aromatic carbocycles. The summed E-state index contributed by atoms with van der Waals surface area (Å²) in [4.78, 5) is 43.9. The van der Waals surface area contributed by atoms with Crippen molar-refractivity contribution in [2.75, 3.05) is 40.9 Å². The smallest absolute Gasteiger partial charge is 0.248 e. The number of nitrogens with zero attached hydrogens (tertiary/aromatic N) is 2. The van der Waals surface area contributed by atoms with Crippen LogP contribution in [0, 0.1) is 0 Å². The van der Waals surface area contributed by atoms with E-state index in [9.17, 15) is 14.4 Å². The zero-order valence-electron chi connectivity index (χ0n) is 23.1. The highest BCUT2D eigenvalue weighted by Crippen LogP contribution is 2.20. The van der Waals surface area contributed by atoms with Crippen LogP contribution in [0.3, 0.4) is 0 Å². The van der Waals surface area contributed by atoms with E-state index in [1.54, 1.807) is 32.5 Å². The van der Waals surface area contributed by atoms with Gasteiger partial charge in [-0.15, -0.1) is 11.3 Å². The first-order chi connectivity index (χ1) is 18.8. The molecule has 0 aliphatic carbocycles. The minimum Gasteiger partial charge on any atom is -0.372 e. The molecule has 8 nitrogen and oxygen atoms in total. The number of ether oxygens (including phenoxy) is 1. The van der Waals surface area contributed by atoms with E-state index in [-0.39, 0.29) is 24.3 Å². The van der Waals surface area contributed by atoms with Crippen LogP contribution in [-0.4, -0.2) is 80.5 Å². The minimum atomic E-state index is -0.806. The highest BCUT2D eigenvalue weighted by Gasteiger charge is 2.35. The fraction of sp³-hybridized carbons (Fsp3) is 0.433. The largest absolute Gasteiger partial charge is 0.372 e. The Morgan fingerprint density at radius 1 is 0.923 bits per heavy atom. The van der Waals surface area contributed by atoms with Crippen molar-refractivity contribution in [3.8, 4) is 0 Å². The summed E-state index contributed by atoms with van der Waals surface area (Å²) in [6.45, 7) is 0.984. The maximum atomic E-state index is 14.0. The molecule has 0 saturated heterocycles. The molecule has 3 N–H and O–H groups in total. The predicted octanol–water partition coefficient (Wildman–Crippen LogP) is 3.23. The molecule has 3 rings (SSSR count). The number of likely N-dealkylation sites (N-methyl/N-ethyl adjacent to an activating group) is 3. The van der Waals surface area contributed by atoms with Gasteiger partial charge in [0.2, 0.25) is 17.7 Å². The van der Waals surface area contributed by atoms with Gasteiger partial charge in [0.25, 0.3) is 0 Å². The van der Waals surface area contributed by atoms with Crippen LogP contribution in [0.2, 0.25) is 0 Å². The highest BCUT2D eigenvalue weighted by atomic mass is 32.1. The summed E-state index contributed by atoms with van der Waals surface area (Å²) in [6.07, 6.45) is 3.40. The fourth-order valence-corrected chi connectivity index (χ4v) is 5.26. The average Bonchev–Trinajstić information content (AvgIpc) is 3.48. The Morgan fingerprint density at radius 3 is 2.38 bits per heavy atom. The summed E-state index contributed by atoms with van der Waals surface area (Å²) in [7, 11) is 4.83. The van der Waals surface area contributed by atoms with Crippen LogP contribution in [0.4, 0.5) is 0 Å². The van der Waals surface area contributed by atoms with Crippen molar-refractivity contribution in [1.82, 2.24) is 15.1 Å². The van der Waals surface area contributed by atoms with Crippen molar-refractivity contribution in [2.45, 2.75) is 44.2 Å². The number of amides is 3. The summed E-state index contributed by atoms with van der Waals surface area (Å²) in [5.74, 6) is -0.832. The molecule has 3 amide bonds. The van der Waals surface area contributed by atoms with Crippen LogP contribution < -0.4 is 11.1 Å². The Hall–Kier alpha value is -3.27. The molecule has 2 atom stereocenters. The maximum Gasteiger partial charge on any atom is 0.248 e. The molecule has 39 heavy (non-hydrogen) atoms. The molecule has 0 bridgehead atoms. The molecular formula is C30H40N4O4S. The molecule has 1 heterocycles. The van der Waals surface area contributed by atoms with Gasteiger partial charge in [0.05, 0.1) is 0 Å². The maximum absolute atomic E-state index is 14.0. The van der Waals surface area contributed by atoms with Crippen molar-refractivity contribution < 1.29 is 19.1 Å². The van der Waals surface area contributed by atoms with E-state index in [2.05, 4.69) is 5.32 Å². The molecule has 3 aromatic rings. The van der Waals surface area contributed by atoms with E-state index in [0.29, 0.717) is 26.0 Å². The lowest BCUT2D eigenvalue weighted by Gasteiger charge is -2.34. The molecule has 0 aliphatic rings. The number of benzene rings is 2. The monoisotopic (exact) mass is 552 g/mol. The Bertz CT molecular complexity index is 1220.